The zero-order valence-corrected chi connectivity index (χ0v) is 15.9. The third kappa shape index (κ3) is 3.66. The van der Waals surface area contributed by atoms with Crippen molar-refractivity contribution in [2.24, 2.45) is 0 Å². The summed E-state index contributed by atoms with van der Waals surface area (Å²) in [6.07, 6.45) is 1.76. The van der Waals surface area contributed by atoms with E-state index in [0.29, 0.717) is 31.4 Å². The van der Waals surface area contributed by atoms with Crippen LogP contribution in [0.2, 0.25) is 5.02 Å². The molecule has 0 radical (unpaired) electrons. The molecule has 1 saturated heterocycles. The van der Waals surface area contributed by atoms with Gasteiger partial charge in [0.15, 0.2) is 4.32 Å². The lowest BCUT2D eigenvalue weighted by molar-refractivity contribution is -0.113. The van der Waals surface area contributed by atoms with Crippen molar-refractivity contribution < 1.29 is 14.3 Å². The number of methoxy groups -OCH3 is 2. The Morgan fingerprint density at radius 2 is 1.84 bits per heavy atom. The Morgan fingerprint density at radius 1 is 1.12 bits per heavy atom. The molecule has 1 aliphatic heterocycles. The molecule has 0 spiro atoms. The van der Waals surface area contributed by atoms with Crippen LogP contribution in [0.15, 0.2) is 47.4 Å². The number of thioether (sulfide) groups is 1. The lowest BCUT2D eigenvalue weighted by Crippen LogP contribution is -2.27. The number of hydrogen-bond acceptors (Lipinski definition) is 5. The summed E-state index contributed by atoms with van der Waals surface area (Å²) in [5.41, 5.74) is 1.44. The second-order valence-electron chi connectivity index (χ2n) is 5.10. The highest BCUT2D eigenvalue weighted by Crippen LogP contribution is 2.38. The fourth-order valence-corrected chi connectivity index (χ4v) is 3.79. The molecular formula is C18H14ClNO3S2. The molecule has 0 saturated carbocycles. The molecule has 0 atom stereocenters. The molecule has 1 fully saturated rings. The predicted octanol–water partition coefficient (Wildman–Crippen LogP) is 4.76. The van der Waals surface area contributed by atoms with Crippen LogP contribution in [-0.4, -0.2) is 24.4 Å². The highest BCUT2D eigenvalue weighted by atomic mass is 35.5. The molecule has 7 heteroatoms. The summed E-state index contributed by atoms with van der Waals surface area (Å²) >= 11 is 12.5. The number of ether oxygens (including phenoxy) is 2. The van der Waals surface area contributed by atoms with Gasteiger partial charge in [-0.15, -0.1) is 0 Å². The van der Waals surface area contributed by atoms with Crippen LogP contribution >= 0.6 is 35.6 Å². The first-order chi connectivity index (χ1) is 12.0. The van der Waals surface area contributed by atoms with Gasteiger partial charge < -0.3 is 9.47 Å². The van der Waals surface area contributed by atoms with Crippen molar-refractivity contribution in [3.8, 4) is 11.5 Å². The third-order valence-electron chi connectivity index (χ3n) is 3.60. The fraction of sp³-hybridized carbons (Fsp3) is 0.111. The molecule has 128 valence electrons. The van der Waals surface area contributed by atoms with Crippen LogP contribution < -0.4 is 14.4 Å². The number of carbonyl (C=O) groups is 1. The average molecular weight is 392 g/mol. The Bertz CT molecular complexity index is 865. The van der Waals surface area contributed by atoms with Gasteiger partial charge in [-0.1, -0.05) is 35.6 Å². The number of halogens is 1. The van der Waals surface area contributed by atoms with E-state index in [2.05, 4.69) is 0 Å². The maximum absolute atomic E-state index is 12.8. The molecule has 2 aromatic rings. The molecule has 0 aliphatic carbocycles. The molecule has 1 heterocycles. The summed E-state index contributed by atoms with van der Waals surface area (Å²) in [5, 5.41) is 0.603. The van der Waals surface area contributed by atoms with Crippen molar-refractivity contribution in [1.82, 2.24) is 0 Å². The zero-order chi connectivity index (χ0) is 18.0. The summed E-state index contributed by atoms with van der Waals surface area (Å²) in [4.78, 5) is 14.8. The molecular weight excluding hydrogens is 378 g/mol. The molecule has 0 bridgehead atoms. The first kappa shape index (κ1) is 17.8. The summed E-state index contributed by atoms with van der Waals surface area (Å²) in [5.74, 6) is 1.15. The number of anilines is 1. The van der Waals surface area contributed by atoms with Crippen LogP contribution in [0.5, 0.6) is 11.5 Å². The molecule has 4 nitrogen and oxygen atoms in total. The van der Waals surface area contributed by atoms with Gasteiger partial charge in [-0.2, -0.15) is 0 Å². The van der Waals surface area contributed by atoms with Gasteiger partial charge in [0.25, 0.3) is 5.91 Å². The first-order valence-corrected chi connectivity index (χ1v) is 8.89. The zero-order valence-electron chi connectivity index (χ0n) is 13.5. The fourth-order valence-electron chi connectivity index (χ4n) is 2.37. The Labute approximate surface area is 160 Å². The van der Waals surface area contributed by atoms with Gasteiger partial charge in [0.1, 0.15) is 11.5 Å². The summed E-state index contributed by atoms with van der Waals surface area (Å²) < 4.78 is 11.1. The van der Waals surface area contributed by atoms with Crippen LogP contribution in [0, 0.1) is 0 Å². The van der Waals surface area contributed by atoms with Crippen LogP contribution in [0.3, 0.4) is 0 Å². The van der Waals surface area contributed by atoms with Crippen LogP contribution in [0.25, 0.3) is 6.08 Å². The van der Waals surface area contributed by atoms with Gasteiger partial charge in [-0.3, -0.25) is 9.69 Å². The Hall–Kier alpha value is -2.02. The molecule has 1 amide bonds. The van der Waals surface area contributed by atoms with E-state index in [1.54, 1.807) is 56.7 Å². The third-order valence-corrected chi connectivity index (χ3v) is 5.16. The van der Waals surface area contributed by atoms with E-state index in [-0.39, 0.29) is 5.91 Å². The number of benzene rings is 2. The van der Waals surface area contributed by atoms with Crippen molar-refractivity contribution in [3.05, 3.63) is 58.0 Å². The molecule has 2 aromatic carbocycles. The summed E-state index contributed by atoms with van der Waals surface area (Å²) in [7, 11) is 3.17. The molecule has 0 unspecified atom stereocenters. The quantitative estimate of drug-likeness (QED) is 0.554. The maximum Gasteiger partial charge on any atom is 0.270 e. The van der Waals surface area contributed by atoms with Gasteiger partial charge in [0.2, 0.25) is 0 Å². The standard InChI is InChI=1S/C18H14ClNO3S2/c1-22-14-7-8-15(23-2)11(9-14)10-16-17(21)20(18(24)25-16)13-5-3-12(19)4-6-13/h3-10H,1-2H3. The molecule has 3 rings (SSSR count). The van der Waals surface area contributed by atoms with Gasteiger partial charge in [0, 0.05) is 10.6 Å². The van der Waals surface area contributed by atoms with Crippen molar-refractivity contribution in [2.75, 3.05) is 19.1 Å². The average Bonchev–Trinajstić information content (AvgIpc) is 2.89. The molecule has 1 aliphatic rings. The van der Waals surface area contributed by atoms with Gasteiger partial charge in [0.05, 0.1) is 24.8 Å². The van der Waals surface area contributed by atoms with Crippen LogP contribution in [0.1, 0.15) is 5.56 Å². The van der Waals surface area contributed by atoms with Crippen LogP contribution in [0.4, 0.5) is 5.69 Å². The minimum Gasteiger partial charge on any atom is -0.497 e. The smallest absolute Gasteiger partial charge is 0.270 e. The van der Waals surface area contributed by atoms with E-state index < -0.39 is 0 Å². The van der Waals surface area contributed by atoms with E-state index in [1.165, 1.54) is 16.7 Å². The number of thiocarbonyl (C=S) groups is 1. The van der Waals surface area contributed by atoms with Crippen molar-refractivity contribution in [2.45, 2.75) is 0 Å². The SMILES string of the molecule is COc1ccc(OC)c(C=C2SC(=S)N(c3ccc(Cl)cc3)C2=O)c1. The van der Waals surface area contributed by atoms with Gasteiger partial charge in [-0.05, 0) is 48.5 Å². The Kier molecular flexibility index (Phi) is 5.32. The normalized spacial score (nSPS) is 15.8. The topological polar surface area (TPSA) is 38.8 Å². The molecule has 25 heavy (non-hydrogen) atoms. The number of carbonyl (C=O) groups excluding carboxylic acids is 1. The van der Waals surface area contributed by atoms with E-state index >= 15 is 0 Å². The highest BCUT2D eigenvalue weighted by Gasteiger charge is 2.33. The minimum atomic E-state index is -0.179. The van der Waals surface area contributed by atoms with E-state index in [0.717, 1.165) is 5.56 Å². The van der Waals surface area contributed by atoms with Crippen LogP contribution in [-0.2, 0) is 4.79 Å². The predicted molar refractivity (Wildman–Crippen MR) is 107 cm³/mol. The summed E-state index contributed by atoms with van der Waals surface area (Å²) in [6.45, 7) is 0. The molecule has 0 aromatic heterocycles. The van der Waals surface area contributed by atoms with Crippen molar-refractivity contribution in [1.29, 1.82) is 0 Å². The largest absolute Gasteiger partial charge is 0.497 e. The van der Waals surface area contributed by atoms with E-state index in [4.69, 9.17) is 33.3 Å². The lowest BCUT2D eigenvalue weighted by Gasteiger charge is -2.14. The number of hydrogen-bond donors (Lipinski definition) is 0. The first-order valence-electron chi connectivity index (χ1n) is 7.29. The maximum atomic E-state index is 12.8. The lowest BCUT2D eigenvalue weighted by atomic mass is 10.1. The van der Waals surface area contributed by atoms with Gasteiger partial charge >= 0.3 is 0 Å². The number of rotatable bonds is 4. The highest BCUT2D eigenvalue weighted by molar-refractivity contribution is 8.27. The molecule has 0 N–H and O–H groups in total. The van der Waals surface area contributed by atoms with E-state index in [9.17, 15) is 4.79 Å². The van der Waals surface area contributed by atoms with Crippen molar-refractivity contribution in [3.63, 3.8) is 0 Å². The summed E-state index contributed by atoms with van der Waals surface area (Å²) in [6, 6.07) is 12.4. The Balaban J connectivity index is 1.97. The monoisotopic (exact) mass is 391 g/mol. The van der Waals surface area contributed by atoms with Crippen molar-refractivity contribution >= 4 is 57.6 Å². The minimum absolute atomic E-state index is 0.179. The van der Waals surface area contributed by atoms with E-state index in [1.807, 2.05) is 6.07 Å². The second-order valence-corrected chi connectivity index (χ2v) is 7.21. The number of amides is 1. The second kappa shape index (κ2) is 7.47. The Morgan fingerprint density at radius 3 is 2.48 bits per heavy atom. The number of nitrogens with zero attached hydrogens (tertiary/aromatic N) is 1. The van der Waals surface area contributed by atoms with Gasteiger partial charge in [-0.25, -0.2) is 0 Å².